The summed E-state index contributed by atoms with van der Waals surface area (Å²) < 4.78 is 21.1. The van der Waals surface area contributed by atoms with Crippen LogP contribution >= 0.6 is 0 Å². The van der Waals surface area contributed by atoms with Gasteiger partial charge in [-0.15, -0.1) is 0 Å². The van der Waals surface area contributed by atoms with E-state index >= 15 is 0 Å². The van der Waals surface area contributed by atoms with Crippen LogP contribution in [-0.2, 0) is 19.1 Å². The van der Waals surface area contributed by atoms with Gasteiger partial charge >= 0.3 is 5.97 Å². The summed E-state index contributed by atoms with van der Waals surface area (Å²) in [6.07, 6.45) is 0.418. The second-order valence-electron chi connectivity index (χ2n) is 8.12. The second kappa shape index (κ2) is 13.5. The average molecular weight is 507 g/mol. The molecule has 0 bridgehead atoms. The summed E-state index contributed by atoms with van der Waals surface area (Å²) >= 11 is 0. The lowest BCUT2D eigenvalue weighted by Crippen LogP contribution is -2.21. The Kier molecular flexibility index (Phi) is 9.90. The van der Waals surface area contributed by atoms with E-state index in [0.29, 0.717) is 28.6 Å². The molecule has 37 heavy (non-hydrogen) atoms. The molecule has 0 heterocycles. The van der Waals surface area contributed by atoms with E-state index in [1.165, 1.54) is 14.2 Å². The van der Waals surface area contributed by atoms with E-state index in [0.717, 1.165) is 11.3 Å². The van der Waals surface area contributed by atoms with E-state index in [9.17, 15) is 14.4 Å². The highest BCUT2D eigenvalue weighted by Crippen LogP contribution is 2.29. The average Bonchev–Trinajstić information content (AvgIpc) is 2.88. The van der Waals surface area contributed by atoms with Gasteiger partial charge in [-0.1, -0.05) is 12.1 Å². The molecule has 0 unspecified atom stereocenters. The number of esters is 1. The number of methoxy groups -OCH3 is 2. The molecule has 194 valence electrons. The summed E-state index contributed by atoms with van der Waals surface area (Å²) in [7, 11) is 2.98. The second-order valence-corrected chi connectivity index (χ2v) is 8.12. The lowest BCUT2D eigenvalue weighted by Gasteiger charge is -2.12. The molecular formula is C28H30N2O7. The van der Waals surface area contributed by atoms with Gasteiger partial charge in [-0.05, 0) is 67.4 Å². The fourth-order valence-electron chi connectivity index (χ4n) is 3.35. The van der Waals surface area contributed by atoms with Gasteiger partial charge < -0.3 is 29.6 Å². The van der Waals surface area contributed by atoms with Crippen molar-refractivity contribution in [3.05, 3.63) is 72.3 Å². The minimum Gasteiger partial charge on any atom is -0.497 e. The highest BCUT2D eigenvalue weighted by Gasteiger charge is 2.12. The number of hydrogen-bond acceptors (Lipinski definition) is 7. The zero-order chi connectivity index (χ0) is 26.6. The maximum absolute atomic E-state index is 12.2. The topological polar surface area (TPSA) is 112 Å². The molecule has 2 amide bonds. The van der Waals surface area contributed by atoms with Crippen LogP contribution in [0.1, 0.15) is 24.8 Å². The summed E-state index contributed by atoms with van der Waals surface area (Å²) in [5.74, 6) is 1.05. The smallest absolute Gasteiger partial charge is 0.306 e. The van der Waals surface area contributed by atoms with E-state index in [1.54, 1.807) is 42.5 Å². The van der Waals surface area contributed by atoms with Crippen LogP contribution < -0.4 is 24.8 Å². The SMILES string of the molecule is COc1ccc(OC)c(NC(=O)COC(=O)CCCC(=O)Nc2ccc(Oc3cccc(C)c3)cc2)c1. The molecule has 3 aromatic rings. The number of hydrogen-bond donors (Lipinski definition) is 2. The van der Waals surface area contributed by atoms with Gasteiger partial charge in [0.05, 0.1) is 19.9 Å². The number of aryl methyl sites for hydroxylation is 1. The van der Waals surface area contributed by atoms with Crippen molar-refractivity contribution in [1.29, 1.82) is 0 Å². The molecule has 3 aromatic carbocycles. The van der Waals surface area contributed by atoms with Crippen LogP contribution in [0.4, 0.5) is 11.4 Å². The summed E-state index contributed by atoms with van der Waals surface area (Å²) in [5.41, 5.74) is 2.12. The zero-order valence-corrected chi connectivity index (χ0v) is 21.0. The molecular weight excluding hydrogens is 476 g/mol. The Morgan fingerprint density at radius 3 is 2.22 bits per heavy atom. The highest BCUT2D eigenvalue weighted by atomic mass is 16.5. The highest BCUT2D eigenvalue weighted by molar-refractivity contribution is 5.94. The molecule has 0 aromatic heterocycles. The van der Waals surface area contributed by atoms with Crippen molar-refractivity contribution in [2.24, 2.45) is 0 Å². The van der Waals surface area contributed by atoms with Crippen molar-refractivity contribution in [2.45, 2.75) is 26.2 Å². The third kappa shape index (κ3) is 8.88. The first kappa shape index (κ1) is 27.1. The first-order chi connectivity index (χ1) is 17.9. The first-order valence-corrected chi connectivity index (χ1v) is 11.7. The van der Waals surface area contributed by atoms with Gasteiger partial charge in [0.1, 0.15) is 23.0 Å². The molecule has 0 aliphatic heterocycles. The Morgan fingerprint density at radius 1 is 0.757 bits per heavy atom. The van der Waals surface area contributed by atoms with Gasteiger partial charge in [0.25, 0.3) is 5.91 Å². The van der Waals surface area contributed by atoms with E-state index in [1.807, 2.05) is 31.2 Å². The minimum atomic E-state index is -0.571. The molecule has 0 atom stereocenters. The van der Waals surface area contributed by atoms with Crippen molar-refractivity contribution >= 4 is 29.2 Å². The number of anilines is 2. The molecule has 3 rings (SSSR count). The van der Waals surface area contributed by atoms with Crippen molar-refractivity contribution in [1.82, 2.24) is 0 Å². The van der Waals surface area contributed by atoms with Crippen molar-refractivity contribution in [2.75, 3.05) is 31.5 Å². The number of benzene rings is 3. The normalized spacial score (nSPS) is 10.2. The zero-order valence-electron chi connectivity index (χ0n) is 21.0. The number of amides is 2. The molecule has 0 fully saturated rings. The number of carbonyl (C=O) groups is 3. The number of rotatable bonds is 12. The van der Waals surface area contributed by atoms with Crippen molar-refractivity contribution < 1.29 is 33.3 Å². The van der Waals surface area contributed by atoms with Crippen LogP contribution in [-0.4, -0.2) is 38.6 Å². The van der Waals surface area contributed by atoms with Crippen LogP contribution in [0.2, 0.25) is 0 Å². The van der Waals surface area contributed by atoms with Crippen LogP contribution in [0.15, 0.2) is 66.7 Å². The van der Waals surface area contributed by atoms with Crippen LogP contribution in [0.25, 0.3) is 0 Å². The Hall–Kier alpha value is -4.53. The van der Waals surface area contributed by atoms with Gasteiger partial charge in [-0.2, -0.15) is 0 Å². The summed E-state index contributed by atoms with van der Waals surface area (Å²) in [6, 6.07) is 19.7. The summed E-state index contributed by atoms with van der Waals surface area (Å²) in [6.45, 7) is 1.53. The molecule has 9 nitrogen and oxygen atoms in total. The van der Waals surface area contributed by atoms with Gasteiger partial charge in [-0.3, -0.25) is 14.4 Å². The lowest BCUT2D eigenvalue weighted by molar-refractivity contribution is -0.147. The molecule has 0 saturated carbocycles. The monoisotopic (exact) mass is 506 g/mol. The Morgan fingerprint density at radius 2 is 1.51 bits per heavy atom. The molecule has 2 N–H and O–H groups in total. The molecule has 0 spiro atoms. The molecule has 9 heteroatoms. The minimum absolute atomic E-state index is 0.00640. The van der Waals surface area contributed by atoms with Gasteiger partial charge in [0.15, 0.2) is 6.61 Å². The third-order valence-corrected chi connectivity index (χ3v) is 5.19. The van der Waals surface area contributed by atoms with Crippen LogP contribution in [0.5, 0.6) is 23.0 Å². The Labute approximate surface area is 215 Å². The lowest BCUT2D eigenvalue weighted by atomic mass is 10.2. The fourth-order valence-corrected chi connectivity index (χ4v) is 3.35. The van der Waals surface area contributed by atoms with Crippen LogP contribution in [0, 0.1) is 6.92 Å². The predicted molar refractivity (Wildman–Crippen MR) is 139 cm³/mol. The number of ether oxygens (including phenoxy) is 4. The molecule has 0 aliphatic rings. The first-order valence-electron chi connectivity index (χ1n) is 11.7. The van der Waals surface area contributed by atoms with E-state index in [4.69, 9.17) is 18.9 Å². The standard InChI is InChI=1S/C28H30N2O7/c1-19-6-4-7-23(16-19)37-21-12-10-20(11-13-21)29-26(31)8-5-9-28(33)36-18-27(32)30-24-17-22(34-2)14-15-25(24)35-3/h4,6-7,10-17H,5,8-9,18H2,1-3H3,(H,29,31)(H,30,32). The molecule has 0 radical (unpaired) electrons. The number of carbonyl (C=O) groups excluding carboxylic acids is 3. The predicted octanol–water partition coefficient (Wildman–Crippen LogP) is 5.10. The molecule has 0 aliphatic carbocycles. The van der Waals surface area contributed by atoms with Crippen molar-refractivity contribution in [3.8, 4) is 23.0 Å². The fraction of sp³-hybridized carbons (Fsp3) is 0.250. The Balaban J connectivity index is 1.35. The Bertz CT molecular complexity index is 1230. The maximum Gasteiger partial charge on any atom is 0.306 e. The van der Waals surface area contributed by atoms with E-state index in [2.05, 4.69) is 10.6 Å². The largest absolute Gasteiger partial charge is 0.497 e. The van der Waals surface area contributed by atoms with Gasteiger partial charge in [-0.25, -0.2) is 0 Å². The van der Waals surface area contributed by atoms with Gasteiger partial charge in [0.2, 0.25) is 5.91 Å². The summed E-state index contributed by atoms with van der Waals surface area (Å²) in [4.78, 5) is 36.3. The summed E-state index contributed by atoms with van der Waals surface area (Å²) in [5, 5.41) is 5.40. The van der Waals surface area contributed by atoms with Gasteiger partial charge in [0, 0.05) is 24.6 Å². The third-order valence-electron chi connectivity index (χ3n) is 5.19. The van der Waals surface area contributed by atoms with Crippen LogP contribution in [0.3, 0.4) is 0 Å². The van der Waals surface area contributed by atoms with Crippen molar-refractivity contribution in [3.63, 3.8) is 0 Å². The van der Waals surface area contributed by atoms with E-state index < -0.39 is 18.5 Å². The quantitative estimate of drug-likeness (QED) is 0.329. The van der Waals surface area contributed by atoms with E-state index in [-0.39, 0.29) is 25.2 Å². The molecule has 0 saturated heterocycles. The number of nitrogens with one attached hydrogen (secondary N) is 2. The maximum atomic E-state index is 12.2.